The summed E-state index contributed by atoms with van der Waals surface area (Å²) >= 11 is 0. The number of carbonyl (C=O) groups excluding carboxylic acids is 2. The number of unbranched alkanes of at least 4 members (excludes halogenated alkanes) is 11. The smallest absolute Gasteiger partial charge is 0.306 e. The van der Waals surface area contributed by atoms with Gasteiger partial charge in [0.05, 0.1) is 6.61 Å². The van der Waals surface area contributed by atoms with Crippen molar-refractivity contribution < 1.29 is 24.2 Å². The van der Waals surface area contributed by atoms with Crippen LogP contribution in [0.5, 0.6) is 0 Å². The number of hydrogen-bond donors (Lipinski definition) is 1. The zero-order valence-corrected chi connectivity index (χ0v) is 41.9. The van der Waals surface area contributed by atoms with Crippen LogP contribution in [0.4, 0.5) is 0 Å². The Hall–Kier alpha value is -4.48. The average Bonchev–Trinajstić information content (AvgIpc) is 3.32. The summed E-state index contributed by atoms with van der Waals surface area (Å²) in [6.07, 6.45) is 84.7. The van der Waals surface area contributed by atoms with Crippen molar-refractivity contribution in [1.82, 2.24) is 0 Å². The van der Waals surface area contributed by atoms with Gasteiger partial charge in [-0.2, -0.15) is 0 Å². The van der Waals surface area contributed by atoms with Crippen molar-refractivity contribution in [3.63, 3.8) is 0 Å². The van der Waals surface area contributed by atoms with Crippen molar-refractivity contribution in [2.75, 3.05) is 13.2 Å². The lowest BCUT2D eigenvalue weighted by atomic mass is 10.1. The first-order valence-electron chi connectivity index (χ1n) is 26.0. The maximum atomic E-state index is 12.3. The minimum atomic E-state index is -0.808. The zero-order valence-electron chi connectivity index (χ0n) is 41.9. The van der Waals surface area contributed by atoms with E-state index < -0.39 is 6.10 Å². The van der Waals surface area contributed by atoms with Gasteiger partial charge in [-0.15, -0.1) is 0 Å². The van der Waals surface area contributed by atoms with Crippen molar-refractivity contribution in [3.05, 3.63) is 158 Å². The third kappa shape index (κ3) is 52.1. The Bertz CT molecular complexity index is 1490. The molecule has 0 aromatic heterocycles. The fourth-order valence-electron chi connectivity index (χ4n) is 6.48. The van der Waals surface area contributed by atoms with Crippen molar-refractivity contribution in [1.29, 1.82) is 0 Å². The summed E-state index contributed by atoms with van der Waals surface area (Å²) in [7, 11) is 0. The number of esters is 2. The summed E-state index contributed by atoms with van der Waals surface area (Å²) in [5.41, 5.74) is 0. The van der Waals surface area contributed by atoms with E-state index in [0.29, 0.717) is 12.8 Å². The highest BCUT2D eigenvalue weighted by Crippen LogP contribution is 2.12. The summed E-state index contributed by atoms with van der Waals surface area (Å²) in [5.74, 6) is -0.653. The average molecular weight is 907 g/mol. The van der Waals surface area contributed by atoms with Crippen LogP contribution in [0.25, 0.3) is 0 Å². The largest absolute Gasteiger partial charge is 0.462 e. The molecule has 0 spiro atoms. The van der Waals surface area contributed by atoms with Crippen LogP contribution in [0.15, 0.2) is 158 Å². The second-order valence-corrected chi connectivity index (χ2v) is 16.5. The fraction of sp³-hybridized carbons (Fsp3) is 0.541. The van der Waals surface area contributed by atoms with Gasteiger partial charge in [-0.1, -0.05) is 217 Å². The number of rotatable bonds is 45. The predicted molar refractivity (Wildman–Crippen MR) is 287 cm³/mol. The SMILES string of the molecule is CC/C=C\C/C=C\C/C=C\C/C=C\C/C=C\C/C=C\C/C=C\CCCCCC(=O)OC(CO)COC(=O)CCCCCCCCCC/C=C\C/C=C\C/C=C\C/C=C\C/C=C\C/C=C\CC. The van der Waals surface area contributed by atoms with E-state index in [1.54, 1.807) is 0 Å². The Morgan fingerprint density at radius 2 is 0.606 bits per heavy atom. The lowest BCUT2D eigenvalue weighted by Crippen LogP contribution is -2.28. The minimum absolute atomic E-state index is 0.0960. The molecule has 368 valence electrons. The highest BCUT2D eigenvalue weighted by Gasteiger charge is 2.16. The Labute approximate surface area is 405 Å². The number of aliphatic hydroxyl groups excluding tert-OH is 1. The number of aliphatic hydroxyl groups is 1. The molecule has 0 aliphatic carbocycles. The predicted octanol–water partition coefficient (Wildman–Crippen LogP) is 17.6. The lowest BCUT2D eigenvalue weighted by Gasteiger charge is -2.15. The second-order valence-electron chi connectivity index (χ2n) is 16.5. The summed E-state index contributed by atoms with van der Waals surface area (Å²) in [6.45, 7) is 3.86. The van der Waals surface area contributed by atoms with Gasteiger partial charge in [-0.25, -0.2) is 0 Å². The van der Waals surface area contributed by atoms with Crippen molar-refractivity contribution in [2.45, 2.75) is 200 Å². The van der Waals surface area contributed by atoms with Gasteiger partial charge in [0.15, 0.2) is 6.10 Å². The molecule has 0 heterocycles. The zero-order chi connectivity index (χ0) is 47.7. The van der Waals surface area contributed by atoms with Crippen LogP contribution in [0.1, 0.15) is 194 Å². The number of ether oxygens (including phenoxy) is 2. The molecule has 0 aliphatic rings. The third-order valence-electron chi connectivity index (χ3n) is 10.3. The van der Waals surface area contributed by atoms with Gasteiger partial charge in [0.2, 0.25) is 0 Å². The van der Waals surface area contributed by atoms with Gasteiger partial charge in [0.25, 0.3) is 0 Å². The monoisotopic (exact) mass is 907 g/mol. The van der Waals surface area contributed by atoms with Gasteiger partial charge >= 0.3 is 11.9 Å². The molecule has 5 nitrogen and oxygen atoms in total. The van der Waals surface area contributed by atoms with Crippen LogP contribution in [0.2, 0.25) is 0 Å². The molecular formula is C61H94O5. The Kier molecular flexibility index (Phi) is 51.1. The van der Waals surface area contributed by atoms with E-state index in [0.717, 1.165) is 135 Å². The molecule has 5 heteroatoms. The van der Waals surface area contributed by atoms with E-state index in [1.807, 2.05) is 0 Å². The van der Waals surface area contributed by atoms with E-state index in [9.17, 15) is 14.7 Å². The Morgan fingerprint density at radius 1 is 0.348 bits per heavy atom. The molecule has 1 N–H and O–H groups in total. The van der Waals surface area contributed by atoms with Gasteiger partial charge in [-0.3, -0.25) is 9.59 Å². The summed E-state index contributed by atoms with van der Waals surface area (Å²) < 4.78 is 10.7. The normalized spacial score (nSPS) is 13.6. The maximum absolute atomic E-state index is 12.3. The molecule has 0 bridgehead atoms. The van der Waals surface area contributed by atoms with Crippen LogP contribution in [-0.2, 0) is 19.1 Å². The summed E-state index contributed by atoms with van der Waals surface area (Å²) in [4.78, 5) is 24.5. The molecule has 1 atom stereocenters. The van der Waals surface area contributed by atoms with Crippen LogP contribution >= 0.6 is 0 Å². The molecule has 0 saturated heterocycles. The summed E-state index contributed by atoms with van der Waals surface area (Å²) in [5, 5.41) is 9.63. The van der Waals surface area contributed by atoms with Gasteiger partial charge in [0.1, 0.15) is 6.61 Å². The first-order valence-corrected chi connectivity index (χ1v) is 26.0. The third-order valence-corrected chi connectivity index (χ3v) is 10.3. The first-order chi connectivity index (χ1) is 32.6. The number of carbonyl (C=O) groups is 2. The van der Waals surface area contributed by atoms with Gasteiger partial charge in [0, 0.05) is 12.8 Å². The molecule has 0 fully saturated rings. The van der Waals surface area contributed by atoms with Crippen molar-refractivity contribution >= 4 is 11.9 Å². The van der Waals surface area contributed by atoms with E-state index in [2.05, 4.69) is 172 Å². The van der Waals surface area contributed by atoms with Crippen LogP contribution in [0.3, 0.4) is 0 Å². The van der Waals surface area contributed by atoms with Gasteiger partial charge in [-0.05, 0) is 122 Å². The fourth-order valence-corrected chi connectivity index (χ4v) is 6.48. The molecule has 1 unspecified atom stereocenters. The topological polar surface area (TPSA) is 72.8 Å². The molecule has 66 heavy (non-hydrogen) atoms. The second kappa shape index (κ2) is 54.9. The minimum Gasteiger partial charge on any atom is -0.462 e. The molecule has 0 amide bonds. The molecule has 0 rings (SSSR count). The molecule has 0 radical (unpaired) electrons. The Morgan fingerprint density at radius 3 is 0.924 bits per heavy atom. The van der Waals surface area contributed by atoms with E-state index in [-0.39, 0.29) is 25.2 Å². The van der Waals surface area contributed by atoms with Crippen LogP contribution in [-0.4, -0.2) is 36.4 Å². The van der Waals surface area contributed by atoms with Gasteiger partial charge < -0.3 is 14.6 Å². The first kappa shape index (κ1) is 61.5. The molecular weight excluding hydrogens is 813 g/mol. The molecule has 0 saturated carbocycles. The van der Waals surface area contributed by atoms with E-state index in [4.69, 9.17) is 9.47 Å². The number of hydrogen-bond acceptors (Lipinski definition) is 5. The maximum Gasteiger partial charge on any atom is 0.306 e. The summed E-state index contributed by atoms with van der Waals surface area (Å²) in [6, 6.07) is 0. The highest BCUT2D eigenvalue weighted by atomic mass is 16.6. The van der Waals surface area contributed by atoms with Crippen molar-refractivity contribution in [2.24, 2.45) is 0 Å². The Balaban J connectivity index is 3.68. The molecule has 0 aromatic rings. The van der Waals surface area contributed by atoms with Crippen LogP contribution < -0.4 is 0 Å². The van der Waals surface area contributed by atoms with Crippen molar-refractivity contribution in [3.8, 4) is 0 Å². The standard InChI is InChI=1S/C61H94O5/c1-3-5-7-9-11-13-15-17-19-21-23-25-27-29-30-32-33-35-37-39-41-43-45-47-49-51-53-55-60(63)65-58-59(57-62)66-61(64)56-54-52-50-48-46-44-42-40-38-36-34-31-28-26-24-22-20-18-16-14-12-10-8-6-4-2/h5-8,11-14,17-20,23-26,29-31,33-35,38,40,44,46,59,62H,3-4,9-10,15-16,21-22,27-28,32,36-37,39,41-43,45,47-58H2,1-2H3/b7-5-,8-6-,13-11-,14-12-,19-17-,20-18-,25-23-,26-24-,30-29-,34-31-,35-33-,40-38-,46-44-. The number of allylic oxidation sites excluding steroid dienone is 26. The molecule has 0 aliphatic heterocycles. The van der Waals surface area contributed by atoms with E-state index >= 15 is 0 Å². The van der Waals surface area contributed by atoms with Crippen LogP contribution in [0, 0.1) is 0 Å². The van der Waals surface area contributed by atoms with E-state index in [1.165, 1.54) is 32.1 Å². The molecule has 0 aromatic carbocycles. The highest BCUT2D eigenvalue weighted by molar-refractivity contribution is 5.70. The quantitative estimate of drug-likeness (QED) is 0.0374. The lowest BCUT2D eigenvalue weighted by molar-refractivity contribution is -0.161.